The Bertz CT molecular complexity index is 1020. The summed E-state index contributed by atoms with van der Waals surface area (Å²) < 4.78 is 15.5. The number of Topliss-reactive ketones (excluding diaryl/α,β-unsaturated/α-hetero) is 1. The summed E-state index contributed by atoms with van der Waals surface area (Å²) in [6.07, 6.45) is -1.06. The second-order valence-corrected chi connectivity index (χ2v) is 6.16. The van der Waals surface area contributed by atoms with Gasteiger partial charge in [0.05, 0.1) is 0 Å². The van der Waals surface area contributed by atoms with E-state index in [-0.39, 0.29) is 17.4 Å². The van der Waals surface area contributed by atoms with Crippen molar-refractivity contribution in [3.63, 3.8) is 0 Å². The van der Waals surface area contributed by atoms with Gasteiger partial charge < -0.3 is 19.0 Å². The largest absolute Gasteiger partial charge is 0.449 e. The standard InChI is InChI=1S/C20H18N2O6/c1-11-10-18(22-28-11)21-19(24)13(3)26-20(25)17-9-8-16(27-17)15-6-4-14(5-7-15)12(2)23/h4-10,13H,1-3H3,(H,21,22,24). The van der Waals surface area contributed by atoms with Crippen molar-refractivity contribution in [2.75, 3.05) is 5.32 Å². The number of hydrogen-bond donors (Lipinski definition) is 1. The molecule has 1 unspecified atom stereocenters. The van der Waals surface area contributed by atoms with Crippen LogP contribution in [0.15, 0.2) is 51.4 Å². The first kappa shape index (κ1) is 19.1. The lowest BCUT2D eigenvalue weighted by Crippen LogP contribution is -2.30. The summed E-state index contributed by atoms with van der Waals surface area (Å²) >= 11 is 0. The zero-order chi connectivity index (χ0) is 20.3. The van der Waals surface area contributed by atoms with Crippen molar-refractivity contribution < 1.29 is 28.1 Å². The van der Waals surface area contributed by atoms with Gasteiger partial charge in [-0.3, -0.25) is 9.59 Å². The minimum atomic E-state index is -1.06. The maximum absolute atomic E-state index is 12.2. The Morgan fingerprint density at radius 2 is 1.82 bits per heavy atom. The molecule has 0 fully saturated rings. The lowest BCUT2D eigenvalue weighted by atomic mass is 10.1. The molecule has 0 saturated carbocycles. The molecule has 2 aromatic heterocycles. The number of hydrogen-bond acceptors (Lipinski definition) is 7. The van der Waals surface area contributed by atoms with Crippen LogP contribution in [0, 0.1) is 6.92 Å². The van der Waals surface area contributed by atoms with Gasteiger partial charge in [-0.05, 0) is 32.9 Å². The maximum atomic E-state index is 12.2. The lowest BCUT2D eigenvalue weighted by molar-refractivity contribution is -0.123. The quantitative estimate of drug-likeness (QED) is 0.512. The number of nitrogens with zero attached hydrogens (tertiary/aromatic N) is 1. The van der Waals surface area contributed by atoms with Crippen molar-refractivity contribution in [2.24, 2.45) is 0 Å². The summed E-state index contributed by atoms with van der Waals surface area (Å²) in [6.45, 7) is 4.61. The first-order chi connectivity index (χ1) is 13.3. The van der Waals surface area contributed by atoms with Gasteiger partial charge in [-0.2, -0.15) is 0 Å². The number of furan rings is 1. The van der Waals surface area contributed by atoms with E-state index in [1.807, 2.05) is 0 Å². The van der Waals surface area contributed by atoms with Crippen molar-refractivity contribution in [2.45, 2.75) is 26.9 Å². The van der Waals surface area contributed by atoms with Gasteiger partial charge in [0.15, 0.2) is 17.7 Å². The lowest BCUT2D eigenvalue weighted by Gasteiger charge is -2.11. The van der Waals surface area contributed by atoms with Gasteiger partial charge in [-0.15, -0.1) is 0 Å². The second kappa shape index (κ2) is 7.91. The molecule has 0 saturated heterocycles. The van der Waals surface area contributed by atoms with Gasteiger partial charge in [0.25, 0.3) is 5.91 Å². The fourth-order valence-electron chi connectivity index (χ4n) is 2.40. The van der Waals surface area contributed by atoms with Gasteiger partial charge in [0.1, 0.15) is 11.5 Å². The molecule has 0 spiro atoms. The number of ketones is 1. The van der Waals surface area contributed by atoms with E-state index >= 15 is 0 Å². The van der Waals surface area contributed by atoms with E-state index in [2.05, 4.69) is 10.5 Å². The number of carbonyl (C=O) groups excluding carboxylic acids is 3. The Labute approximate surface area is 160 Å². The highest BCUT2D eigenvalue weighted by Crippen LogP contribution is 2.23. The molecule has 0 bridgehead atoms. The fraction of sp³-hybridized carbons (Fsp3) is 0.200. The van der Waals surface area contributed by atoms with Crippen LogP contribution in [0.2, 0.25) is 0 Å². The van der Waals surface area contributed by atoms with Crippen LogP contribution >= 0.6 is 0 Å². The summed E-state index contributed by atoms with van der Waals surface area (Å²) in [4.78, 5) is 35.6. The number of aryl methyl sites for hydroxylation is 1. The van der Waals surface area contributed by atoms with Crippen LogP contribution in [0.4, 0.5) is 5.82 Å². The summed E-state index contributed by atoms with van der Waals surface area (Å²) in [5, 5.41) is 6.13. The Morgan fingerprint density at radius 1 is 1.11 bits per heavy atom. The Hall–Kier alpha value is -3.68. The van der Waals surface area contributed by atoms with Crippen molar-refractivity contribution in [1.82, 2.24) is 5.16 Å². The molecule has 1 N–H and O–H groups in total. The smallest absolute Gasteiger partial charge is 0.375 e. The van der Waals surface area contributed by atoms with E-state index in [9.17, 15) is 14.4 Å². The predicted molar refractivity (Wildman–Crippen MR) is 98.9 cm³/mol. The molecule has 0 aliphatic rings. The summed E-state index contributed by atoms with van der Waals surface area (Å²) in [5.41, 5.74) is 1.29. The van der Waals surface area contributed by atoms with E-state index in [1.165, 1.54) is 19.9 Å². The highest BCUT2D eigenvalue weighted by atomic mass is 16.6. The predicted octanol–water partition coefficient (Wildman–Crippen LogP) is 3.63. The molecule has 0 aliphatic carbocycles. The summed E-state index contributed by atoms with van der Waals surface area (Å²) in [6, 6.07) is 11.4. The number of carbonyl (C=O) groups is 3. The molecule has 8 nitrogen and oxygen atoms in total. The number of nitrogens with one attached hydrogen (secondary N) is 1. The van der Waals surface area contributed by atoms with E-state index in [4.69, 9.17) is 13.7 Å². The first-order valence-electron chi connectivity index (χ1n) is 8.50. The zero-order valence-corrected chi connectivity index (χ0v) is 15.5. The molecular weight excluding hydrogens is 364 g/mol. The topological polar surface area (TPSA) is 112 Å². The Kier molecular flexibility index (Phi) is 5.39. The third-order valence-corrected chi connectivity index (χ3v) is 3.92. The normalized spacial score (nSPS) is 11.7. The number of rotatable bonds is 6. The van der Waals surface area contributed by atoms with Gasteiger partial charge in [-0.1, -0.05) is 29.4 Å². The van der Waals surface area contributed by atoms with Gasteiger partial charge >= 0.3 is 5.97 Å². The molecule has 2 heterocycles. The van der Waals surface area contributed by atoms with Crippen molar-refractivity contribution in [3.05, 3.63) is 59.5 Å². The third kappa shape index (κ3) is 4.35. The maximum Gasteiger partial charge on any atom is 0.375 e. The molecule has 28 heavy (non-hydrogen) atoms. The van der Waals surface area contributed by atoms with E-state index < -0.39 is 18.0 Å². The van der Waals surface area contributed by atoms with Crippen molar-refractivity contribution in [3.8, 4) is 11.3 Å². The van der Waals surface area contributed by atoms with Crippen molar-refractivity contribution in [1.29, 1.82) is 0 Å². The minimum Gasteiger partial charge on any atom is -0.449 e. The van der Waals surface area contributed by atoms with E-state index in [0.29, 0.717) is 22.6 Å². The van der Waals surface area contributed by atoms with Crippen LogP contribution < -0.4 is 5.32 Å². The molecule has 3 rings (SSSR count). The van der Waals surface area contributed by atoms with Crippen LogP contribution in [-0.4, -0.2) is 28.9 Å². The SMILES string of the molecule is CC(=O)c1ccc(-c2ccc(C(=O)OC(C)C(=O)Nc3cc(C)on3)o2)cc1. The molecule has 3 aromatic rings. The number of benzene rings is 1. The van der Waals surface area contributed by atoms with Crippen LogP contribution in [-0.2, 0) is 9.53 Å². The van der Waals surface area contributed by atoms with Crippen molar-refractivity contribution >= 4 is 23.5 Å². The molecule has 1 atom stereocenters. The minimum absolute atomic E-state index is 0.0386. The van der Waals surface area contributed by atoms with Crippen LogP contribution in [0.3, 0.4) is 0 Å². The van der Waals surface area contributed by atoms with Crippen LogP contribution in [0.25, 0.3) is 11.3 Å². The Morgan fingerprint density at radius 3 is 2.43 bits per heavy atom. The molecule has 0 aliphatic heterocycles. The fourth-order valence-corrected chi connectivity index (χ4v) is 2.40. The van der Waals surface area contributed by atoms with Gasteiger partial charge in [0.2, 0.25) is 5.76 Å². The van der Waals surface area contributed by atoms with E-state index in [0.717, 1.165) is 0 Å². The average molecular weight is 382 g/mol. The van der Waals surface area contributed by atoms with Gasteiger partial charge in [0, 0.05) is 17.2 Å². The monoisotopic (exact) mass is 382 g/mol. The Balaban J connectivity index is 1.63. The zero-order valence-electron chi connectivity index (χ0n) is 15.5. The van der Waals surface area contributed by atoms with Crippen LogP contribution in [0.1, 0.15) is 40.5 Å². The van der Waals surface area contributed by atoms with Gasteiger partial charge in [-0.25, -0.2) is 4.79 Å². The molecule has 144 valence electrons. The number of amides is 1. The van der Waals surface area contributed by atoms with Crippen LogP contribution in [0.5, 0.6) is 0 Å². The molecule has 1 aromatic carbocycles. The summed E-state index contributed by atoms with van der Waals surface area (Å²) in [7, 11) is 0. The number of aromatic nitrogens is 1. The highest BCUT2D eigenvalue weighted by molar-refractivity contribution is 5.96. The molecule has 8 heteroatoms. The second-order valence-electron chi connectivity index (χ2n) is 6.16. The average Bonchev–Trinajstić information content (AvgIpc) is 3.31. The number of ether oxygens (including phenoxy) is 1. The molecular formula is C20H18N2O6. The number of anilines is 1. The molecule has 1 amide bonds. The molecule has 0 radical (unpaired) electrons. The highest BCUT2D eigenvalue weighted by Gasteiger charge is 2.22. The van der Waals surface area contributed by atoms with E-state index in [1.54, 1.807) is 43.3 Å². The number of esters is 1. The first-order valence-corrected chi connectivity index (χ1v) is 8.50. The third-order valence-electron chi connectivity index (χ3n) is 3.92. The summed E-state index contributed by atoms with van der Waals surface area (Å²) in [5.74, 6) is -0.180.